The number of hydrogen-bond donors (Lipinski definition) is 0. The normalized spacial score (nSPS) is 17.9. The number of aryl methyl sites for hydroxylation is 2. The van der Waals surface area contributed by atoms with Crippen LogP contribution in [0.2, 0.25) is 0 Å². The van der Waals surface area contributed by atoms with E-state index in [-0.39, 0.29) is 11.0 Å². The fourth-order valence-electron chi connectivity index (χ4n) is 2.77. The predicted octanol–water partition coefficient (Wildman–Crippen LogP) is 3.55. The molecule has 0 N–H and O–H groups in total. The molecule has 0 amide bonds. The molecule has 1 aromatic rings. The number of sulfone groups is 1. The van der Waals surface area contributed by atoms with Gasteiger partial charge in [0.1, 0.15) is 0 Å². The molecule has 0 heterocycles. The van der Waals surface area contributed by atoms with Gasteiger partial charge in [-0.05, 0) is 37.8 Å². The van der Waals surface area contributed by atoms with Crippen LogP contribution in [0.1, 0.15) is 48.8 Å². The highest BCUT2D eigenvalue weighted by Gasteiger charge is 2.27. The Kier molecular flexibility index (Phi) is 4.10. The van der Waals surface area contributed by atoms with Gasteiger partial charge in [-0.3, -0.25) is 0 Å². The van der Waals surface area contributed by atoms with Gasteiger partial charge in [-0.15, -0.1) is 0 Å². The summed E-state index contributed by atoms with van der Waals surface area (Å²) < 4.78 is 24.8. The van der Waals surface area contributed by atoms with E-state index >= 15 is 0 Å². The van der Waals surface area contributed by atoms with Crippen molar-refractivity contribution in [2.45, 2.75) is 57.0 Å². The molecule has 100 valence electrons. The Morgan fingerprint density at radius 3 is 2.39 bits per heavy atom. The van der Waals surface area contributed by atoms with Crippen LogP contribution in [0.4, 0.5) is 0 Å². The summed E-state index contributed by atoms with van der Waals surface area (Å²) in [6, 6.07) is 6.02. The molecule has 3 heteroatoms. The first kappa shape index (κ1) is 13.6. The van der Waals surface area contributed by atoms with Crippen molar-refractivity contribution in [1.82, 2.24) is 0 Å². The van der Waals surface area contributed by atoms with Crippen molar-refractivity contribution >= 4 is 9.84 Å². The van der Waals surface area contributed by atoms with E-state index in [2.05, 4.69) is 6.07 Å². The van der Waals surface area contributed by atoms with Gasteiger partial charge in [-0.1, -0.05) is 43.0 Å². The standard InChI is InChI=1S/C15H22O2S/c1-12-8-9-14(13(2)10-12)11-18(16,17)15-6-4-3-5-7-15/h8-10,15H,3-7,11H2,1-2H3. The highest BCUT2D eigenvalue weighted by atomic mass is 32.2. The third kappa shape index (κ3) is 3.14. The van der Waals surface area contributed by atoms with E-state index < -0.39 is 9.84 Å². The first-order valence-corrected chi connectivity index (χ1v) is 8.48. The van der Waals surface area contributed by atoms with E-state index in [0.29, 0.717) is 0 Å². The third-order valence-electron chi connectivity index (χ3n) is 3.91. The summed E-state index contributed by atoms with van der Waals surface area (Å²) in [6.07, 6.45) is 5.03. The molecule has 2 nitrogen and oxygen atoms in total. The average molecular weight is 266 g/mol. The van der Waals surface area contributed by atoms with Crippen LogP contribution in [0.5, 0.6) is 0 Å². The van der Waals surface area contributed by atoms with E-state index in [1.807, 2.05) is 26.0 Å². The maximum absolute atomic E-state index is 12.4. The molecular weight excluding hydrogens is 244 g/mol. The van der Waals surface area contributed by atoms with Crippen molar-refractivity contribution in [3.63, 3.8) is 0 Å². The van der Waals surface area contributed by atoms with Crippen LogP contribution in [0.3, 0.4) is 0 Å². The Morgan fingerprint density at radius 2 is 1.78 bits per heavy atom. The summed E-state index contributed by atoms with van der Waals surface area (Å²) in [5.41, 5.74) is 3.24. The van der Waals surface area contributed by atoms with Crippen LogP contribution in [0.25, 0.3) is 0 Å². The molecule has 1 aliphatic carbocycles. The van der Waals surface area contributed by atoms with Crippen LogP contribution in [-0.2, 0) is 15.6 Å². The minimum atomic E-state index is -2.97. The number of rotatable bonds is 3. The maximum Gasteiger partial charge on any atom is 0.157 e. The second-order valence-electron chi connectivity index (χ2n) is 5.50. The second-order valence-corrected chi connectivity index (χ2v) is 7.78. The molecule has 1 aromatic carbocycles. The van der Waals surface area contributed by atoms with Crippen molar-refractivity contribution in [3.05, 3.63) is 34.9 Å². The van der Waals surface area contributed by atoms with Gasteiger partial charge in [0.2, 0.25) is 0 Å². The Balaban J connectivity index is 2.16. The van der Waals surface area contributed by atoms with Crippen LogP contribution in [-0.4, -0.2) is 13.7 Å². The average Bonchev–Trinajstić information content (AvgIpc) is 2.34. The fraction of sp³-hybridized carbons (Fsp3) is 0.600. The SMILES string of the molecule is Cc1ccc(CS(=O)(=O)C2CCCCC2)c(C)c1. The van der Waals surface area contributed by atoms with E-state index in [0.717, 1.165) is 36.8 Å². The quantitative estimate of drug-likeness (QED) is 0.838. The summed E-state index contributed by atoms with van der Waals surface area (Å²) in [5.74, 6) is 0.212. The van der Waals surface area contributed by atoms with Crippen LogP contribution < -0.4 is 0 Å². The van der Waals surface area contributed by atoms with Gasteiger partial charge in [0.25, 0.3) is 0 Å². The van der Waals surface area contributed by atoms with Gasteiger partial charge in [0.05, 0.1) is 11.0 Å². The van der Waals surface area contributed by atoms with E-state index in [9.17, 15) is 8.42 Å². The van der Waals surface area contributed by atoms with Crippen molar-refractivity contribution in [2.75, 3.05) is 0 Å². The molecule has 0 radical (unpaired) electrons. The zero-order chi connectivity index (χ0) is 13.2. The Morgan fingerprint density at radius 1 is 1.11 bits per heavy atom. The third-order valence-corrected chi connectivity index (χ3v) is 6.12. The lowest BCUT2D eigenvalue weighted by Crippen LogP contribution is -2.25. The van der Waals surface area contributed by atoms with Crippen LogP contribution >= 0.6 is 0 Å². The molecule has 1 aliphatic rings. The van der Waals surface area contributed by atoms with Crippen LogP contribution in [0, 0.1) is 13.8 Å². The summed E-state index contributed by atoms with van der Waals surface area (Å²) >= 11 is 0. The lowest BCUT2D eigenvalue weighted by atomic mass is 10.0. The van der Waals surface area contributed by atoms with Gasteiger partial charge in [-0.2, -0.15) is 0 Å². The molecule has 0 unspecified atom stereocenters. The summed E-state index contributed by atoms with van der Waals surface area (Å²) in [6.45, 7) is 4.03. The molecule has 0 spiro atoms. The van der Waals surface area contributed by atoms with Gasteiger partial charge < -0.3 is 0 Å². The number of hydrogen-bond acceptors (Lipinski definition) is 2. The molecule has 0 aliphatic heterocycles. The summed E-state index contributed by atoms with van der Waals surface area (Å²) in [4.78, 5) is 0. The maximum atomic E-state index is 12.4. The monoisotopic (exact) mass is 266 g/mol. The lowest BCUT2D eigenvalue weighted by molar-refractivity contribution is 0.483. The van der Waals surface area contributed by atoms with Crippen molar-refractivity contribution in [2.24, 2.45) is 0 Å². The summed E-state index contributed by atoms with van der Waals surface area (Å²) in [5, 5.41) is -0.105. The first-order chi connectivity index (χ1) is 8.49. The Hall–Kier alpha value is -0.830. The highest BCUT2D eigenvalue weighted by Crippen LogP contribution is 2.27. The van der Waals surface area contributed by atoms with Crippen LogP contribution in [0.15, 0.2) is 18.2 Å². The van der Waals surface area contributed by atoms with Crippen molar-refractivity contribution in [3.8, 4) is 0 Å². The lowest BCUT2D eigenvalue weighted by Gasteiger charge is -2.22. The largest absolute Gasteiger partial charge is 0.228 e. The minimum absolute atomic E-state index is 0.105. The fourth-order valence-corrected chi connectivity index (χ4v) is 4.81. The van der Waals surface area contributed by atoms with E-state index in [1.165, 1.54) is 12.0 Å². The predicted molar refractivity (Wildman–Crippen MR) is 75.4 cm³/mol. The van der Waals surface area contributed by atoms with Crippen molar-refractivity contribution in [1.29, 1.82) is 0 Å². The smallest absolute Gasteiger partial charge is 0.157 e. The zero-order valence-corrected chi connectivity index (χ0v) is 12.1. The topological polar surface area (TPSA) is 34.1 Å². The molecule has 0 aromatic heterocycles. The minimum Gasteiger partial charge on any atom is -0.228 e. The first-order valence-electron chi connectivity index (χ1n) is 6.77. The molecule has 18 heavy (non-hydrogen) atoms. The molecule has 2 rings (SSSR count). The number of benzene rings is 1. The molecule has 0 saturated heterocycles. The summed E-state index contributed by atoms with van der Waals surface area (Å²) in [7, 11) is -2.97. The molecule has 1 saturated carbocycles. The molecule has 1 fully saturated rings. The molecule has 0 atom stereocenters. The van der Waals surface area contributed by atoms with Gasteiger partial charge in [0.15, 0.2) is 9.84 Å². The molecule has 0 bridgehead atoms. The van der Waals surface area contributed by atoms with E-state index in [4.69, 9.17) is 0 Å². The second kappa shape index (κ2) is 5.43. The van der Waals surface area contributed by atoms with Gasteiger partial charge in [0, 0.05) is 0 Å². The van der Waals surface area contributed by atoms with Gasteiger partial charge >= 0.3 is 0 Å². The highest BCUT2D eigenvalue weighted by molar-refractivity contribution is 7.91. The Bertz CT molecular complexity index is 511. The molecular formula is C15H22O2S. The van der Waals surface area contributed by atoms with Gasteiger partial charge in [-0.25, -0.2) is 8.42 Å². The zero-order valence-electron chi connectivity index (χ0n) is 11.3. The van der Waals surface area contributed by atoms with E-state index in [1.54, 1.807) is 0 Å². The Labute approximate surface area is 110 Å². The van der Waals surface area contributed by atoms with Crippen molar-refractivity contribution < 1.29 is 8.42 Å².